The van der Waals surface area contributed by atoms with Crippen molar-refractivity contribution in [1.82, 2.24) is 9.80 Å². The first-order valence-corrected chi connectivity index (χ1v) is 11.6. The van der Waals surface area contributed by atoms with Crippen molar-refractivity contribution in [3.63, 3.8) is 0 Å². The fourth-order valence-electron chi connectivity index (χ4n) is 4.59. The Labute approximate surface area is 200 Å². The van der Waals surface area contributed by atoms with Crippen molar-refractivity contribution in [3.05, 3.63) is 93.8 Å². The van der Waals surface area contributed by atoms with E-state index in [2.05, 4.69) is 47.1 Å². The first kappa shape index (κ1) is 23.6. The largest absolute Gasteiger partial charge is 0.497 e. The van der Waals surface area contributed by atoms with Gasteiger partial charge in [0.15, 0.2) is 0 Å². The highest BCUT2D eigenvalue weighted by Gasteiger charge is 2.33. The summed E-state index contributed by atoms with van der Waals surface area (Å²) in [4.78, 5) is 4.86. The maximum Gasteiger partial charge on any atom is 0.125 e. The molecule has 1 atom stereocenters. The quantitative estimate of drug-likeness (QED) is 0.411. The smallest absolute Gasteiger partial charge is 0.125 e. The fourth-order valence-corrected chi connectivity index (χ4v) is 4.82. The Balaban J connectivity index is 1.75. The molecule has 174 valence electrons. The normalized spacial score (nSPS) is 17.2. The Kier molecular flexibility index (Phi) is 7.53. The van der Waals surface area contributed by atoms with Crippen LogP contribution in [0.15, 0.2) is 60.7 Å². The Hall–Kier alpha value is -2.60. The molecule has 6 heteroatoms. The molecule has 3 aromatic rings. The lowest BCUT2D eigenvalue weighted by Gasteiger charge is -2.45. The Morgan fingerprint density at radius 1 is 0.909 bits per heavy atom. The van der Waals surface area contributed by atoms with Gasteiger partial charge in [0.05, 0.1) is 20.4 Å². The highest BCUT2D eigenvalue weighted by atomic mass is 35.5. The molecule has 0 bridgehead atoms. The summed E-state index contributed by atoms with van der Waals surface area (Å²) in [6.45, 7) is 5.41. The highest BCUT2D eigenvalue weighted by Crippen LogP contribution is 2.39. The third-order valence-corrected chi connectivity index (χ3v) is 6.67. The van der Waals surface area contributed by atoms with E-state index in [4.69, 9.17) is 21.1 Å². The van der Waals surface area contributed by atoms with Crippen LogP contribution in [0.2, 0.25) is 5.02 Å². The summed E-state index contributed by atoms with van der Waals surface area (Å²) in [5.74, 6) is 1.27. The fraction of sp³-hybridized carbons (Fsp3) is 0.333. The Morgan fingerprint density at radius 2 is 1.64 bits per heavy atom. The lowest BCUT2D eigenvalue weighted by molar-refractivity contribution is -0.0105. The van der Waals surface area contributed by atoms with Crippen LogP contribution in [0.25, 0.3) is 0 Å². The van der Waals surface area contributed by atoms with Crippen molar-refractivity contribution in [1.29, 1.82) is 0 Å². The van der Waals surface area contributed by atoms with Crippen LogP contribution in [0, 0.1) is 12.7 Å². The lowest BCUT2D eigenvalue weighted by Crippen LogP contribution is -2.47. The molecule has 3 aromatic carbocycles. The summed E-state index contributed by atoms with van der Waals surface area (Å²) in [5, 5.41) is 0.447. The number of hydrogen-bond donors (Lipinski definition) is 0. The van der Waals surface area contributed by atoms with Crippen molar-refractivity contribution in [2.45, 2.75) is 32.6 Å². The summed E-state index contributed by atoms with van der Waals surface area (Å²) >= 11 is 6.41. The van der Waals surface area contributed by atoms with Crippen molar-refractivity contribution in [3.8, 4) is 11.5 Å². The van der Waals surface area contributed by atoms with E-state index in [1.807, 2.05) is 12.1 Å². The zero-order valence-electron chi connectivity index (χ0n) is 19.4. The number of methoxy groups -OCH3 is 2. The van der Waals surface area contributed by atoms with Crippen molar-refractivity contribution < 1.29 is 13.9 Å². The molecule has 0 amide bonds. The molecular formula is C27H30ClFN2O2. The molecule has 33 heavy (non-hydrogen) atoms. The van der Waals surface area contributed by atoms with E-state index in [1.54, 1.807) is 20.3 Å². The number of ether oxygens (including phenoxy) is 2. The van der Waals surface area contributed by atoms with Crippen LogP contribution in [-0.4, -0.2) is 37.1 Å². The minimum Gasteiger partial charge on any atom is -0.497 e. The summed E-state index contributed by atoms with van der Waals surface area (Å²) in [6.07, 6.45) is 0.970. The van der Waals surface area contributed by atoms with Gasteiger partial charge in [-0.2, -0.15) is 0 Å². The van der Waals surface area contributed by atoms with Gasteiger partial charge in [0.1, 0.15) is 17.3 Å². The molecule has 1 heterocycles. The molecule has 0 N–H and O–H groups in total. The first-order chi connectivity index (χ1) is 16.0. The zero-order chi connectivity index (χ0) is 23.4. The van der Waals surface area contributed by atoms with Crippen LogP contribution < -0.4 is 9.47 Å². The van der Waals surface area contributed by atoms with E-state index >= 15 is 0 Å². The van der Waals surface area contributed by atoms with Crippen LogP contribution in [0.3, 0.4) is 0 Å². The van der Waals surface area contributed by atoms with E-state index in [1.165, 1.54) is 23.3 Å². The Bertz CT molecular complexity index is 1110. The standard InChI is InChI=1S/C27H30ClFN2O2/c1-19-7-4-5-8-20(19)17-30-13-6-14-31(18-21-9-10-22(29)15-25(21)28)27(30)24-16-23(32-2)11-12-26(24)33-3/h4-5,7-12,15-16,27H,6,13-14,17-18H2,1-3H3/t27-/m1/s1. The predicted octanol–water partition coefficient (Wildman–Crippen LogP) is 6.21. The number of nitrogens with zero attached hydrogens (tertiary/aromatic N) is 2. The summed E-state index contributed by atoms with van der Waals surface area (Å²) in [7, 11) is 3.37. The molecule has 0 unspecified atom stereocenters. The molecule has 0 saturated carbocycles. The average Bonchev–Trinajstić information content (AvgIpc) is 2.82. The minimum atomic E-state index is -0.324. The predicted molar refractivity (Wildman–Crippen MR) is 130 cm³/mol. The second-order valence-corrected chi connectivity index (χ2v) is 8.85. The molecule has 1 fully saturated rings. The van der Waals surface area contributed by atoms with Crippen molar-refractivity contribution in [2.24, 2.45) is 0 Å². The van der Waals surface area contributed by atoms with Crippen LogP contribution in [0.5, 0.6) is 11.5 Å². The van der Waals surface area contributed by atoms with Gasteiger partial charge < -0.3 is 9.47 Å². The van der Waals surface area contributed by atoms with Crippen molar-refractivity contribution >= 4 is 11.6 Å². The topological polar surface area (TPSA) is 24.9 Å². The van der Waals surface area contributed by atoms with Gasteiger partial charge in [0.2, 0.25) is 0 Å². The number of benzene rings is 3. The van der Waals surface area contributed by atoms with Gasteiger partial charge in [-0.15, -0.1) is 0 Å². The number of rotatable bonds is 7. The van der Waals surface area contributed by atoms with Crippen LogP contribution in [0.1, 0.15) is 34.8 Å². The molecule has 1 aliphatic rings. The second kappa shape index (κ2) is 10.6. The molecule has 0 radical (unpaired) electrons. The molecule has 1 aliphatic heterocycles. The van der Waals surface area contributed by atoms with Gasteiger partial charge in [0, 0.05) is 36.8 Å². The van der Waals surface area contributed by atoms with Crippen LogP contribution >= 0.6 is 11.6 Å². The van der Waals surface area contributed by atoms with E-state index in [9.17, 15) is 4.39 Å². The third-order valence-electron chi connectivity index (χ3n) is 6.32. The van der Waals surface area contributed by atoms with Gasteiger partial charge in [-0.1, -0.05) is 41.9 Å². The molecule has 4 nitrogen and oxygen atoms in total. The molecule has 0 aliphatic carbocycles. The molecular weight excluding hydrogens is 439 g/mol. The third kappa shape index (κ3) is 5.32. The van der Waals surface area contributed by atoms with E-state index in [-0.39, 0.29) is 12.0 Å². The highest BCUT2D eigenvalue weighted by molar-refractivity contribution is 6.31. The van der Waals surface area contributed by atoms with Gasteiger partial charge in [-0.3, -0.25) is 9.80 Å². The molecule has 4 rings (SSSR count). The van der Waals surface area contributed by atoms with E-state index in [0.717, 1.165) is 48.7 Å². The van der Waals surface area contributed by atoms with Gasteiger partial charge in [-0.05, 0) is 60.4 Å². The number of halogens is 2. The van der Waals surface area contributed by atoms with Gasteiger partial charge in [0.25, 0.3) is 0 Å². The maximum absolute atomic E-state index is 13.7. The lowest BCUT2D eigenvalue weighted by atomic mass is 10.0. The van der Waals surface area contributed by atoms with E-state index in [0.29, 0.717) is 11.6 Å². The number of aryl methyl sites for hydroxylation is 1. The molecule has 1 saturated heterocycles. The average molecular weight is 469 g/mol. The number of hydrogen-bond acceptors (Lipinski definition) is 4. The summed E-state index contributed by atoms with van der Waals surface area (Å²) in [5.41, 5.74) is 4.52. The van der Waals surface area contributed by atoms with Gasteiger partial charge >= 0.3 is 0 Å². The van der Waals surface area contributed by atoms with Crippen LogP contribution in [-0.2, 0) is 13.1 Å². The van der Waals surface area contributed by atoms with Crippen molar-refractivity contribution in [2.75, 3.05) is 27.3 Å². The maximum atomic E-state index is 13.7. The van der Waals surface area contributed by atoms with Crippen LogP contribution in [0.4, 0.5) is 4.39 Å². The molecule has 0 aromatic heterocycles. The minimum absolute atomic E-state index is 0.0514. The monoisotopic (exact) mass is 468 g/mol. The Morgan fingerprint density at radius 3 is 2.30 bits per heavy atom. The zero-order valence-corrected chi connectivity index (χ0v) is 20.1. The summed E-state index contributed by atoms with van der Waals surface area (Å²) < 4.78 is 25.0. The SMILES string of the molecule is COc1ccc(OC)c([C@@H]2N(Cc3ccccc3C)CCCN2Cc2ccc(F)cc2Cl)c1. The van der Waals surface area contributed by atoms with E-state index < -0.39 is 0 Å². The first-order valence-electron chi connectivity index (χ1n) is 11.2. The van der Waals surface area contributed by atoms with Gasteiger partial charge in [-0.25, -0.2) is 4.39 Å². The summed E-state index contributed by atoms with van der Waals surface area (Å²) in [6, 6.07) is 19.0. The second-order valence-electron chi connectivity index (χ2n) is 8.44. The molecule has 0 spiro atoms.